The van der Waals surface area contributed by atoms with E-state index in [0.717, 1.165) is 31.2 Å². The second-order valence-corrected chi connectivity index (χ2v) is 8.41. The van der Waals surface area contributed by atoms with E-state index in [9.17, 15) is 13.9 Å². The molecule has 0 atom stereocenters. The van der Waals surface area contributed by atoms with Gasteiger partial charge in [0, 0.05) is 29.9 Å². The fourth-order valence-electron chi connectivity index (χ4n) is 4.57. The minimum absolute atomic E-state index is 0.0354. The molecule has 0 saturated heterocycles. The number of fused-ring (bicyclic) bond motifs is 1. The van der Waals surface area contributed by atoms with Crippen LogP contribution in [0, 0.1) is 30.3 Å². The molecule has 2 N–H and O–H groups in total. The van der Waals surface area contributed by atoms with E-state index >= 15 is 4.39 Å². The Balaban J connectivity index is 0.00000124. The summed E-state index contributed by atoms with van der Waals surface area (Å²) >= 11 is 0. The number of halogens is 3. The molecule has 4 rings (SSSR count). The summed E-state index contributed by atoms with van der Waals surface area (Å²) in [5.41, 5.74) is 3.24. The molecule has 0 unspecified atom stereocenters. The van der Waals surface area contributed by atoms with Gasteiger partial charge in [0.15, 0.2) is 17.4 Å². The monoisotopic (exact) mass is 419 g/mol. The molecule has 1 aliphatic carbocycles. The highest BCUT2D eigenvalue weighted by Crippen LogP contribution is 2.50. The SMILES string of the molecule is CO.Cc1cc(-n2c(C(C)C)c(C3CC(C)C3)c3c(F)c(O)c(F)cc32)ccc1F. The Hall–Kier alpha value is -2.47. The summed E-state index contributed by atoms with van der Waals surface area (Å²) in [5.74, 6) is -2.42. The third kappa shape index (κ3) is 3.47. The molecule has 1 aromatic heterocycles. The Morgan fingerprint density at radius 3 is 2.20 bits per heavy atom. The van der Waals surface area contributed by atoms with Gasteiger partial charge in [0.2, 0.25) is 0 Å². The summed E-state index contributed by atoms with van der Waals surface area (Å²) < 4.78 is 45.1. The van der Waals surface area contributed by atoms with E-state index in [2.05, 4.69) is 6.92 Å². The number of hydrogen-bond donors (Lipinski definition) is 2. The molecule has 1 heterocycles. The zero-order valence-electron chi connectivity index (χ0n) is 17.9. The summed E-state index contributed by atoms with van der Waals surface area (Å²) in [4.78, 5) is 0. The van der Waals surface area contributed by atoms with Crippen LogP contribution in [0.15, 0.2) is 24.3 Å². The number of aromatic nitrogens is 1. The highest BCUT2D eigenvalue weighted by molar-refractivity contribution is 5.90. The lowest BCUT2D eigenvalue weighted by molar-refractivity contribution is 0.287. The molecule has 30 heavy (non-hydrogen) atoms. The smallest absolute Gasteiger partial charge is 0.188 e. The first-order chi connectivity index (χ1) is 14.2. The average molecular weight is 419 g/mol. The zero-order chi connectivity index (χ0) is 22.3. The molecular weight excluding hydrogens is 391 g/mol. The molecule has 0 spiro atoms. The van der Waals surface area contributed by atoms with Crippen LogP contribution in [0.5, 0.6) is 5.75 Å². The van der Waals surface area contributed by atoms with Gasteiger partial charge in [-0.15, -0.1) is 0 Å². The maximum atomic E-state index is 15.1. The maximum Gasteiger partial charge on any atom is 0.188 e. The van der Waals surface area contributed by atoms with E-state index < -0.39 is 17.4 Å². The molecule has 1 fully saturated rings. The van der Waals surface area contributed by atoms with Crippen LogP contribution in [-0.2, 0) is 0 Å². The van der Waals surface area contributed by atoms with Crippen molar-refractivity contribution in [1.29, 1.82) is 0 Å². The van der Waals surface area contributed by atoms with Crippen molar-refractivity contribution in [2.45, 2.75) is 52.4 Å². The van der Waals surface area contributed by atoms with Gasteiger partial charge in [-0.25, -0.2) is 13.2 Å². The number of aliphatic hydroxyl groups excluding tert-OH is 1. The number of nitrogens with zero attached hydrogens (tertiary/aromatic N) is 1. The molecule has 1 aliphatic rings. The third-order valence-electron chi connectivity index (χ3n) is 5.93. The molecule has 0 aliphatic heterocycles. The zero-order valence-corrected chi connectivity index (χ0v) is 17.9. The molecule has 0 amide bonds. The van der Waals surface area contributed by atoms with Crippen molar-refractivity contribution in [2.75, 3.05) is 7.11 Å². The predicted molar refractivity (Wildman–Crippen MR) is 113 cm³/mol. The quantitative estimate of drug-likeness (QED) is 0.523. The van der Waals surface area contributed by atoms with Crippen LogP contribution >= 0.6 is 0 Å². The first-order valence-electron chi connectivity index (χ1n) is 10.2. The first kappa shape index (κ1) is 22.2. The van der Waals surface area contributed by atoms with Gasteiger partial charge in [-0.1, -0.05) is 20.8 Å². The maximum absolute atomic E-state index is 15.1. The van der Waals surface area contributed by atoms with Gasteiger partial charge in [0.1, 0.15) is 5.82 Å². The van der Waals surface area contributed by atoms with Gasteiger partial charge < -0.3 is 14.8 Å². The molecule has 0 radical (unpaired) electrons. The first-order valence-corrected chi connectivity index (χ1v) is 10.2. The van der Waals surface area contributed by atoms with Gasteiger partial charge in [-0.2, -0.15) is 0 Å². The minimum atomic E-state index is -0.994. The van der Waals surface area contributed by atoms with Crippen molar-refractivity contribution < 1.29 is 23.4 Å². The van der Waals surface area contributed by atoms with E-state index in [1.54, 1.807) is 19.1 Å². The fourth-order valence-corrected chi connectivity index (χ4v) is 4.57. The van der Waals surface area contributed by atoms with Crippen molar-refractivity contribution in [3.8, 4) is 11.4 Å². The van der Waals surface area contributed by atoms with Crippen LogP contribution in [0.2, 0.25) is 0 Å². The molecule has 3 nitrogen and oxygen atoms in total. The summed E-state index contributed by atoms with van der Waals surface area (Å²) in [6.45, 7) is 7.85. The topological polar surface area (TPSA) is 45.4 Å². The summed E-state index contributed by atoms with van der Waals surface area (Å²) in [5, 5.41) is 17.2. The van der Waals surface area contributed by atoms with Crippen molar-refractivity contribution in [1.82, 2.24) is 4.57 Å². The Labute approximate surface area is 174 Å². The second-order valence-electron chi connectivity index (χ2n) is 8.41. The number of hydrogen-bond acceptors (Lipinski definition) is 2. The lowest BCUT2D eigenvalue weighted by Crippen LogP contribution is -2.20. The van der Waals surface area contributed by atoms with Crippen molar-refractivity contribution in [3.63, 3.8) is 0 Å². The molecular formula is C24H28F3NO2. The number of aliphatic hydroxyl groups is 1. The van der Waals surface area contributed by atoms with E-state index in [-0.39, 0.29) is 23.0 Å². The van der Waals surface area contributed by atoms with Gasteiger partial charge in [-0.3, -0.25) is 0 Å². The number of phenols is 1. The van der Waals surface area contributed by atoms with E-state index in [1.165, 1.54) is 12.1 Å². The summed E-state index contributed by atoms with van der Waals surface area (Å²) in [7, 11) is 1.00. The Bertz CT molecular complexity index is 1080. The van der Waals surface area contributed by atoms with Crippen LogP contribution in [0.3, 0.4) is 0 Å². The lowest BCUT2D eigenvalue weighted by Gasteiger charge is -2.34. The average Bonchev–Trinajstić information content (AvgIpc) is 3.02. The molecule has 3 aromatic rings. The Kier molecular flexibility index (Phi) is 6.18. The van der Waals surface area contributed by atoms with Crippen LogP contribution in [-0.4, -0.2) is 21.9 Å². The van der Waals surface area contributed by atoms with Crippen LogP contribution in [0.25, 0.3) is 16.6 Å². The van der Waals surface area contributed by atoms with Gasteiger partial charge >= 0.3 is 0 Å². The molecule has 162 valence electrons. The lowest BCUT2D eigenvalue weighted by atomic mass is 9.71. The molecule has 2 aromatic carbocycles. The normalized spacial score (nSPS) is 18.3. The second kappa shape index (κ2) is 8.34. The molecule has 6 heteroatoms. The Morgan fingerprint density at radius 2 is 1.67 bits per heavy atom. The fraction of sp³-hybridized carbons (Fsp3) is 0.417. The highest BCUT2D eigenvalue weighted by Gasteiger charge is 2.35. The van der Waals surface area contributed by atoms with Gasteiger partial charge in [-0.05, 0) is 66.8 Å². The van der Waals surface area contributed by atoms with Crippen LogP contribution in [0.4, 0.5) is 13.2 Å². The van der Waals surface area contributed by atoms with Crippen molar-refractivity contribution >= 4 is 10.9 Å². The highest BCUT2D eigenvalue weighted by atomic mass is 19.1. The molecule has 0 bridgehead atoms. The number of aryl methyl sites for hydroxylation is 1. The number of benzene rings is 2. The predicted octanol–water partition coefficient (Wildman–Crippen LogP) is 6.31. The van der Waals surface area contributed by atoms with Crippen molar-refractivity contribution in [2.24, 2.45) is 5.92 Å². The number of phenolic OH excluding ortho intramolecular Hbond substituents is 1. The standard InChI is InChI=1S/C23H24F3NO.CH4O/c1-11(2)22-19(14-7-12(3)8-14)20-18(10-17(25)23(28)21(20)26)27(22)15-5-6-16(24)13(4)9-15;1-2/h5-6,9-12,14,28H,7-8H2,1-4H3;2H,1H3. The van der Waals surface area contributed by atoms with Gasteiger partial charge in [0.25, 0.3) is 0 Å². The van der Waals surface area contributed by atoms with Crippen LogP contribution < -0.4 is 0 Å². The van der Waals surface area contributed by atoms with Gasteiger partial charge in [0.05, 0.1) is 5.52 Å². The van der Waals surface area contributed by atoms with E-state index in [4.69, 9.17) is 5.11 Å². The number of rotatable bonds is 3. The molecule has 1 saturated carbocycles. The number of aromatic hydroxyl groups is 1. The summed E-state index contributed by atoms with van der Waals surface area (Å²) in [6, 6.07) is 5.88. The largest absolute Gasteiger partial charge is 0.503 e. The van der Waals surface area contributed by atoms with Crippen LogP contribution in [0.1, 0.15) is 62.3 Å². The van der Waals surface area contributed by atoms with E-state index in [0.29, 0.717) is 22.7 Å². The summed E-state index contributed by atoms with van der Waals surface area (Å²) in [6.07, 6.45) is 1.86. The Morgan fingerprint density at radius 1 is 1.03 bits per heavy atom. The third-order valence-corrected chi connectivity index (χ3v) is 5.93. The van der Waals surface area contributed by atoms with Crippen molar-refractivity contribution in [3.05, 3.63) is 58.5 Å². The minimum Gasteiger partial charge on any atom is -0.503 e. The van der Waals surface area contributed by atoms with E-state index in [1.807, 2.05) is 18.4 Å².